The Balaban J connectivity index is 2.04. The number of aromatic nitrogens is 1. The van der Waals surface area contributed by atoms with Crippen molar-refractivity contribution in [2.45, 2.75) is 19.6 Å². The second kappa shape index (κ2) is 7.20. The number of esters is 1. The number of fused-ring (bicyclic) bond motifs is 1. The van der Waals surface area contributed by atoms with Crippen LogP contribution in [0.3, 0.4) is 0 Å². The van der Waals surface area contributed by atoms with Crippen molar-refractivity contribution in [3.8, 4) is 0 Å². The fourth-order valence-corrected chi connectivity index (χ4v) is 1.98. The van der Waals surface area contributed by atoms with Gasteiger partial charge < -0.3 is 9.47 Å². The van der Waals surface area contributed by atoms with E-state index in [2.05, 4.69) is 11.6 Å². The number of para-hydroxylation sites is 1. The molecule has 0 fully saturated rings. The average molecular weight is 306 g/mol. The summed E-state index contributed by atoms with van der Waals surface area (Å²) in [4.78, 5) is 16.0. The van der Waals surface area contributed by atoms with Crippen LogP contribution in [-0.2, 0) is 20.9 Å². The average Bonchev–Trinajstić information content (AvgIpc) is 2.50. The predicted molar refractivity (Wildman–Crippen MR) is 82.2 cm³/mol. The van der Waals surface area contributed by atoms with Crippen molar-refractivity contribution in [3.05, 3.63) is 53.7 Å². The summed E-state index contributed by atoms with van der Waals surface area (Å²) in [6, 6.07) is 9.48. The molecule has 1 aromatic heterocycles. The van der Waals surface area contributed by atoms with Gasteiger partial charge >= 0.3 is 5.97 Å². The van der Waals surface area contributed by atoms with Gasteiger partial charge in [0.15, 0.2) is 6.10 Å². The van der Waals surface area contributed by atoms with Gasteiger partial charge in [-0.1, -0.05) is 35.9 Å². The smallest absolute Gasteiger partial charge is 0.335 e. The molecule has 0 saturated carbocycles. The predicted octanol–water partition coefficient (Wildman–Crippen LogP) is 3.52. The molecule has 1 atom stereocenters. The highest BCUT2D eigenvalue weighted by Gasteiger charge is 2.15. The summed E-state index contributed by atoms with van der Waals surface area (Å²) in [5.41, 5.74) is 1.47. The highest BCUT2D eigenvalue weighted by molar-refractivity contribution is 6.30. The van der Waals surface area contributed by atoms with Gasteiger partial charge in [-0.05, 0) is 19.1 Å². The third-order valence-corrected chi connectivity index (χ3v) is 3.24. The van der Waals surface area contributed by atoms with Gasteiger partial charge in [-0.15, -0.1) is 6.58 Å². The molecule has 0 amide bonds. The van der Waals surface area contributed by atoms with Gasteiger partial charge in [0.25, 0.3) is 0 Å². The minimum absolute atomic E-state index is 0.0668. The molecule has 1 unspecified atom stereocenters. The van der Waals surface area contributed by atoms with Crippen molar-refractivity contribution in [2.24, 2.45) is 0 Å². The van der Waals surface area contributed by atoms with Crippen LogP contribution in [0.4, 0.5) is 0 Å². The van der Waals surface area contributed by atoms with Crippen LogP contribution in [0.15, 0.2) is 43.0 Å². The third-order valence-electron chi connectivity index (χ3n) is 2.92. The van der Waals surface area contributed by atoms with Gasteiger partial charge in [0.1, 0.15) is 11.8 Å². The third kappa shape index (κ3) is 4.03. The maximum Gasteiger partial charge on any atom is 0.335 e. The number of halogens is 1. The second-order valence-corrected chi connectivity index (χ2v) is 4.86. The largest absolute Gasteiger partial charge is 0.459 e. The normalized spacial score (nSPS) is 12.1. The maximum atomic E-state index is 11.8. The second-order valence-electron chi connectivity index (χ2n) is 4.50. The van der Waals surface area contributed by atoms with E-state index in [1.54, 1.807) is 13.0 Å². The number of carbonyl (C=O) groups is 1. The Hall–Kier alpha value is -1.91. The molecule has 0 radical (unpaired) electrons. The van der Waals surface area contributed by atoms with E-state index >= 15 is 0 Å². The highest BCUT2D eigenvalue weighted by atomic mass is 35.5. The van der Waals surface area contributed by atoms with Gasteiger partial charge in [0, 0.05) is 10.9 Å². The molecule has 21 heavy (non-hydrogen) atoms. The van der Waals surface area contributed by atoms with E-state index < -0.39 is 12.1 Å². The zero-order valence-corrected chi connectivity index (χ0v) is 12.5. The standard InChI is InChI=1S/C16H16ClNO3/c1-3-8-20-11(2)16(19)21-10-13-9-12-6-4-5-7-14(12)18-15(13)17/h3-7,9,11H,1,8,10H2,2H3. The van der Waals surface area contributed by atoms with Gasteiger partial charge in [-0.25, -0.2) is 9.78 Å². The monoisotopic (exact) mass is 305 g/mol. The Kier molecular flexibility index (Phi) is 5.31. The van der Waals surface area contributed by atoms with E-state index in [0.717, 1.165) is 10.9 Å². The molecule has 1 aromatic carbocycles. The Bertz CT molecular complexity index is 657. The summed E-state index contributed by atoms with van der Waals surface area (Å²) in [5, 5.41) is 1.28. The summed E-state index contributed by atoms with van der Waals surface area (Å²) in [6.07, 6.45) is 0.934. The minimum Gasteiger partial charge on any atom is -0.459 e. The van der Waals surface area contributed by atoms with Crippen molar-refractivity contribution in [2.75, 3.05) is 6.61 Å². The lowest BCUT2D eigenvalue weighted by Gasteiger charge is -2.12. The lowest BCUT2D eigenvalue weighted by Crippen LogP contribution is -2.23. The van der Waals surface area contributed by atoms with Crippen LogP contribution >= 0.6 is 11.6 Å². The molecule has 0 aliphatic rings. The van der Waals surface area contributed by atoms with Crippen LogP contribution < -0.4 is 0 Å². The molecular weight excluding hydrogens is 290 g/mol. The summed E-state index contributed by atoms with van der Waals surface area (Å²) in [6.45, 7) is 5.52. The van der Waals surface area contributed by atoms with Gasteiger partial charge in [0.2, 0.25) is 0 Å². The SMILES string of the molecule is C=CCOC(C)C(=O)OCc1cc2ccccc2nc1Cl. The first kappa shape index (κ1) is 15.5. The molecule has 0 aliphatic carbocycles. The Morgan fingerprint density at radius 1 is 1.48 bits per heavy atom. The quantitative estimate of drug-likeness (QED) is 0.465. The molecule has 0 aliphatic heterocycles. The zero-order chi connectivity index (χ0) is 15.2. The number of carbonyl (C=O) groups excluding carboxylic acids is 1. The number of hydrogen-bond acceptors (Lipinski definition) is 4. The molecule has 0 bridgehead atoms. The first-order valence-electron chi connectivity index (χ1n) is 6.55. The number of hydrogen-bond donors (Lipinski definition) is 0. The van der Waals surface area contributed by atoms with Crippen LogP contribution in [-0.4, -0.2) is 23.7 Å². The van der Waals surface area contributed by atoms with E-state index in [9.17, 15) is 4.79 Å². The first-order chi connectivity index (χ1) is 10.1. The molecular formula is C16H16ClNO3. The van der Waals surface area contributed by atoms with Crippen molar-refractivity contribution >= 4 is 28.5 Å². The fraction of sp³-hybridized carbons (Fsp3) is 0.250. The van der Waals surface area contributed by atoms with Gasteiger partial charge in [-0.2, -0.15) is 0 Å². The molecule has 0 N–H and O–H groups in total. The van der Waals surface area contributed by atoms with E-state index in [0.29, 0.717) is 17.3 Å². The molecule has 0 saturated heterocycles. The molecule has 2 aromatic rings. The molecule has 2 rings (SSSR count). The topological polar surface area (TPSA) is 48.4 Å². The van der Waals surface area contributed by atoms with Crippen LogP contribution in [0.1, 0.15) is 12.5 Å². The summed E-state index contributed by atoms with van der Waals surface area (Å²) >= 11 is 6.10. The number of ether oxygens (including phenoxy) is 2. The van der Waals surface area contributed by atoms with E-state index in [4.69, 9.17) is 21.1 Å². The summed E-state index contributed by atoms with van der Waals surface area (Å²) < 4.78 is 10.4. The summed E-state index contributed by atoms with van der Waals surface area (Å²) in [5.74, 6) is -0.443. The van der Waals surface area contributed by atoms with Crippen LogP contribution in [0.25, 0.3) is 10.9 Å². The molecule has 0 spiro atoms. The molecule has 5 heteroatoms. The van der Waals surface area contributed by atoms with Crippen molar-refractivity contribution in [1.29, 1.82) is 0 Å². The van der Waals surface area contributed by atoms with Crippen molar-refractivity contribution in [1.82, 2.24) is 4.98 Å². The lowest BCUT2D eigenvalue weighted by molar-refractivity contribution is -0.156. The van der Waals surface area contributed by atoms with E-state index in [1.165, 1.54) is 0 Å². The minimum atomic E-state index is -0.643. The summed E-state index contributed by atoms with van der Waals surface area (Å²) in [7, 11) is 0. The number of pyridine rings is 1. The molecule has 110 valence electrons. The van der Waals surface area contributed by atoms with Gasteiger partial charge in [0.05, 0.1) is 12.1 Å². The Morgan fingerprint density at radius 2 is 2.24 bits per heavy atom. The highest BCUT2D eigenvalue weighted by Crippen LogP contribution is 2.21. The zero-order valence-electron chi connectivity index (χ0n) is 11.7. The van der Waals surface area contributed by atoms with Crippen molar-refractivity contribution in [3.63, 3.8) is 0 Å². The number of rotatable bonds is 6. The van der Waals surface area contributed by atoms with Crippen molar-refractivity contribution < 1.29 is 14.3 Å². The van der Waals surface area contributed by atoms with E-state index in [-0.39, 0.29) is 6.61 Å². The Morgan fingerprint density at radius 3 is 3.00 bits per heavy atom. The van der Waals surface area contributed by atoms with Crippen LogP contribution in [0.2, 0.25) is 5.15 Å². The lowest BCUT2D eigenvalue weighted by atomic mass is 10.2. The molecule has 1 heterocycles. The number of nitrogens with zero attached hydrogens (tertiary/aromatic N) is 1. The van der Waals surface area contributed by atoms with Gasteiger partial charge in [-0.3, -0.25) is 0 Å². The van der Waals surface area contributed by atoms with Crippen LogP contribution in [0.5, 0.6) is 0 Å². The number of benzene rings is 1. The van der Waals surface area contributed by atoms with E-state index in [1.807, 2.05) is 30.3 Å². The Labute approximate surface area is 128 Å². The fourth-order valence-electron chi connectivity index (χ4n) is 1.78. The maximum absolute atomic E-state index is 11.8. The molecule has 4 nitrogen and oxygen atoms in total. The first-order valence-corrected chi connectivity index (χ1v) is 6.93. The van der Waals surface area contributed by atoms with Crippen LogP contribution in [0, 0.1) is 0 Å².